The minimum atomic E-state index is -0.202. The van der Waals surface area contributed by atoms with Crippen LogP contribution in [0.4, 0.5) is 0 Å². The Morgan fingerprint density at radius 2 is 1.67 bits per heavy atom. The zero-order valence-electron chi connectivity index (χ0n) is 17.4. The highest BCUT2D eigenvalue weighted by atomic mass is 32.2. The van der Waals surface area contributed by atoms with Crippen molar-refractivity contribution in [1.82, 2.24) is 0 Å². The van der Waals surface area contributed by atoms with Crippen LogP contribution in [0, 0.1) is 23.7 Å². The van der Waals surface area contributed by atoms with E-state index in [0.29, 0.717) is 11.8 Å². The van der Waals surface area contributed by atoms with Gasteiger partial charge in [-0.15, -0.1) is 0 Å². The predicted octanol–water partition coefficient (Wildman–Crippen LogP) is 5.81. The first-order chi connectivity index (χ1) is 14.7. The highest BCUT2D eigenvalue weighted by Gasteiger charge is 2.49. The molecule has 0 spiro atoms. The van der Waals surface area contributed by atoms with Crippen LogP contribution in [0.25, 0.3) is 10.8 Å². The summed E-state index contributed by atoms with van der Waals surface area (Å²) in [4.78, 5) is 14.1. The number of hydrogen-bond donors (Lipinski definition) is 0. The monoisotopic (exact) mass is 422 g/mol. The van der Waals surface area contributed by atoms with E-state index < -0.39 is 0 Å². The van der Waals surface area contributed by atoms with Crippen molar-refractivity contribution in [2.75, 3.05) is 12.4 Å². The second-order valence-electron chi connectivity index (χ2n) is 9.72. The van der Waals surface area contributed by atoms with Crippen LogP contribution in [0.5, 0.6) is 5.75 Å². The van der Waals surface area contributed by atoms with Crippen LogP contribution in [0.3, 0.4) is 0 Å². The van der Waals surface area contributed by atoms with Gasteiger partial charge >= 0.3 is 5.97 Å². The van der Waals surface area contributed by atoms with Gasteiger partial charge in [0.15, 0.2) is 6.61 Å². The first-order valence-corrected chi connectivity index (χ1v) is 13.1. The molecule has 1 heterocycles. The van der Waals surface area contributed by atoms with E-state index in [-0.39, 0.29) is 29.2 Å². The molecule has 1 atom stereocenters. The Bertz CT molecular complexity index is 983. The van der Waals surface area contributed by atoms with E-state index in [4.69, 9.17) is 9.47 Å². The SMILES string of the molecule is O=C(COc1ccc(S2=CCCC2)c2ccccc12)OC1C2CC3CC(C2)CC1C3. The maximum Gasteiger partial charge on any atom is 0.344 e. The molecule has 0 saturated heterocycles. The smallest absolute Gasteiger partial charge is 0.344 e. The Labute approximate surface area is 181 Å². The first kappa shape index (κ1) is 18.9. The number of hydrogen-bond acceptors (Lipinski definition) is 3. The third kappa shape index (κ3) is 3.37. The van der Waals surface area contributed by atoms with E-state index in [2.05, 4.69) is 29.6 Å². The molecule has 4 heteroatoms. The van der Waals surface area contributed by atoms with Crippen LogP contribution >= 0.6 is 10.5 Å². The predicted molar refractivity (Wildman–Crippen MR) is 122 cm³/mol. The molecule has 5 aliphatic rings. The van der Waals surface area contributed by atoms with Crippen LogP contribution in [-0.4, -0.2) is 29.8 Å². The summed E-state index contributed by atoms with van der Waals surface area (Å²) < 4.78 is 12.0. The average molecular weight is 423 g/mol. The number of rotatable bonds is 5. The number of ether oxygens (including phenoxy) is 2. The van der Waals surface area contributed by atoms with Crippen LogP contribution in [0.15, 0.2) is 41.3 Å². The molecule has 2 aromatic rings. The minimum absolute atomic E-state index is 0.00395. The molecule has 0 aromatic heterocycles. The molecule has 4 saturated carbocycles. The minimum Gasteiger partial charge on any atom is -0.481 e. The summed E-state index contributed by atoms with van der Waals surface area (Å²) in [6.45, 7) is 0.00395. The van der Waals surface area contributed by atoms with Crippen molar-refractivity contribution in [2.45, 2.75) is 55.9 Å². The summed E-state index contributed by atoms with van der Waals surface area (Å²) in [6, 6.07) is 12.7. The molecule has 4 aliphatic carbocycles. The summed E-state index contributed by atoms with van der Waals surface area (Å²) in [5, 5.41) is 4.82. The summed E-state index contributed by atoms with van der Waals surface area (Å²) >= 11 is 0. The second-order valence-corrected chi connectivity index (χ2v) is 11.8. The molecule has 7 rings (SSSR count). The molecule has 30 heavy (non-hydrogen) atoms. The second kappa shape index (κ2) is 7.71. The summed E-state index contributed by atoms with van der Waals surface area (Å²) in [5.74, 6) is 4.80. The highest BCUT2D eigenvalue weighted by Crippen LogP contribution is 2.54. The average Bonchev–Trinajstić information content (AvgIpc) is 3.28. The number of carbonyl (C=O) groups excluding carboxylic acids is 1. The van der Waals surface area contributed by atoms with Gasteiger partial charge in [-0.05, 0) is 91.9 Å². The van der Waals surface area contributed by atoms with Crippen molar-refractivity contribution < 1.29 is 14.3 Å². The molecule has 4 fully saturated rings. The lowest BCUT2D eigenvalue weighted by atomic mass is 9.55. The lowest BCUT2D eigenvalue weighted by Crippen LogP contribution is -2.50. The fourth-order valence-electron chi connectivity index (χ4n) is 6.74. The molecule has 2 aromatic carbocycles. The van der Waals surface area contributed by atoms with E-state index in [1.165, 1.54) is 61.0 Å². The maximum atomic E-state index is 12.7. The zero-order valence-corrected chi connectivity index (χ0v) is 18.2. The van der Waals surface area contributed by atoms with E-state index in [1.807, 2.05) is 12.1 Å². The Balaban J connectivity index is 1.16. The van der Waals surface area contributed by atoms with Gasteiger partial charge in [-0.3, -0.25) is 0 Å². The van der Waals surface area contributed by atoms with Gasteiger partial charge in [-0.25, -0.2) is 4.79 Å². The van der Waals surface area contributed by atoms with Crippen LogP contribution < -0.4 is 4.74 Å². The fraction of sp³-hybridized carbons (Fsp3) is 0.538. The third-order valence-electron chi connectivity index (χ3n) is 7.77. The van der Waals surface area contributed by atoms with Crippen LogP contribution in [0.1, 0.15) is 44.9 Å². The van der Waals surface area contributed by atoms with Gasteiger partial charge in [0.05, 0.1) is 0 Å². The molecule has 0 amide bonds. The molecule has 0 N–H and O–H groups in total. The molecular weight excluding hydrogens is 392 g/mol. The highest BCUT2D eigenvalue weighted by molar-refractivity contribution is 8.15. The molecule has 4 bridgehead atoms. The van der Waals surface area contributed by atoms with Crippen LogP contribution in [0.2, 0.25) is 0 Å². The van der Waals surface area contributed by atoms with Crippen LogP contribution in [-0.2, 0) is 9.53 Å². The van der Waals surface area contributed by atoms with Crippen molar-refractivity contribution in [3.8, 4) is 5.75 Å². The molecule has 1 aliphatic heterocycles. The van der Waals surface area contributed by atoms with E-state index >= 15 is 0 Å². The Hall–Kier alpha value is -1.81. The topological polar surface area (TPSA) is 35.5 Å². The summed E-state index contributed by atoms with van der Waals surface area (Å²) in [5.41, 5.74) is 0. The van der Waals surface area contributed by atoms with Crippen molar-refractivity contribution >= 4 is 32.6 Å². The summed E-state index contributed by atoms with van der Waals surface area (Å²) in [7, 11) is 0.234. The van der Waals surface area contributed by atoms with E-state index in [0.717, 1.165) is 23.0 Å². The van der Waals surface area contributed by atoms with E-state index in [9.17, 15) is 4.79 Å². The molecule has 1 unspecified atom stereocenters. The normalized spacial score (nSPS) is 34.1. The summed E-state index contributed by atoms with van der Waals surface area (Å²) in [6.07, 6.45) is 9.09. The lowest BCUT2D eigenvalue weighted by Gasteiger charge is -2.53. The van der Waals surface area contributed by atoms with Gasteiger partial charge in [0.2, 0.25) is 0 Å². The maximum absolute atomic E-state index is 12.7. The molecule has 3 nitrogen and oxygen atoms in total. The van der Waals surface area contributed by atoms with Crippen molar-refractivity contribution in [3.05, 3.63) is 36.4 Å². The number of esters is 1. The first-order valence-electron chi connectivity index (χ1n) is 11.6. The van der Waals surface area contributed by atoms with Crippen molar-refractivity contribution in [2.24, 2.45) is 23.7 Å². The van der Waals surface area contributed by atoms with Gasteiger partial charge in [0, 0.05) is 10.3 Å². The van der Waals surface area contributed by atoms with Gasteiger partial charge in [-0.2, -0.15) is 10.5 Å². The van der Waals surface area contributed by atoms with Gasteiger partial charge in [0.25, 0.3) is 0 Å². The van der Waals surface area contributed by atoms with Crippen molar-refractivity contribution in [1.29, 1.82) is 0 Å². The Morgan fingerprint density at radius 1 is 0.933 bits per heavy atom. The van der Waals surface area contributed by atoms with Gasteiger partial charge in [0.1, 0.15) is 11.9 Å². The standard InChI is InChI=1S/C26H30O3S/c27-25(29-26-19-12-17-11-18(14-19)15-20(26)13-17)16-28-23-7-8-24(30-9-3-4-10-30)22-6-2-1-5-21(22)23/h1-2,5-9,17-20,26H,3-4,10-16H2. The van der Waals surface area contributed by atoms with Gasteiger partial charge < -0.3 is 9.47 Å². The number of carbonyl (C=O) groups is 1. The number of benzene rings is 2. The fourth-order valence-corrected chi connectivity index (χ4v) is 8.93. The lowest BCUT2D eigenvalue weighted by molar-refractivity contribution is -0.172. The molecular formula is C26H30O3S. The van der Waals surface area contributed by atoms with Gasteiger partial charge in [-0.1, -0.05) is 29.6 Å². The molecule has 0 radical (unpaired) electrons. The third-order valence-corrected chi connectivity index (χ3v) is 10.1. The largest absolute Gasteiger partial charge is 0.481 e. The Morgan fingerprint density at radius 3 is 2.37 bits per heavy atom. The van der Waals surface area contributed by atoms with E-state index in [1.54, 1.807) is 0 Å². The number of fused-ring (bicyclic) bond motifs is 1. The van der Waals surface area contributed by atoms with Crippen molar-refractivity contribution in [3.63, 3.8) is 0 Å². The quantitative estimate of drug-likeness (QED) is 0.450. The Kier molecular flexibility index (Phi) is 4.86. The molecule has 158 valence electrons. The zero-order chi connectivity index (χ0) is 20.1.